The van der Waals surface area contributed by atoms with Crippen LogP contribution in [0.4, 0.5) is 0 Å². The number of aromatic carboxylic acids is 1. The summed E-state index contributed by atoms with van der Waals surface area (Å²) in [4.78, 5) is 18.0. The van der Waals surface area contributed by atoms with Crippen LogP contribution in [0, 0.1) is 0 Å². The van der Waals surface area contributed by atoms with Crippen molar-refractivity contribution in [3.8, 4) is 17.1 Å². The van der Waals surface area contributed by atoms with Crippen molar-refractivity contribution < 1.29 is 14.6 Å². The van der Waals surface area contributed by atoms with Gasteiger partial charge >= 0.3 is 5.97 Å². The van der Waals surface area contributed by atoms with Gasteiger partial charge in [-0.15, -0.1) is 5.10 Å². The van der Waals surface area contributed by atoms with Gasteiger partial charge in [-0.2, -0.15) is 0 Å². The highest BCUT2D eigenvalue weighted by Crippen LogP contribution is 2.23. The molecule has 154 valence electrons. The van der Waals surface area contributed by atoms with Gasteiger partial charge in [0.15, 0.2) is 5.65 Å². The second-order valence-electron chi connectivity index (χ2n) is 7.07. The van der Waals surface area contributed by atoms with Crippen LogP contribution >= 0.6 is 0 Å². The van der Waals surface area contributed by atoms with Gasteiger partial charge in [-0.25, -0.2) is 14.3 Å². The molecule has 1 aromatic carbocycles. The van der Waals surface area contributed by atoms with E-state index in [1.807, 2.05) is 18.2 Å². The summed E-state index contributed by atoms with van der Waals surface area (Å²) in [5.41, 5.74) is 2.38. The van der Waals surface area contributed by atoms with Crippen LogP contribution in [0.2, 0.25) is 0 Å². The van der Waals surface area contributed by atoms with Crippen molar-refractivity contribution in [3.05, 3.63) is 48.2 Å². The lowest BCUT2D eigenvalue weighted by molar-refractivity contribution is 0.0697. The first-order valence-corrected chi connectivity index (χ1v) is 10.1. The van der Waals surface area contributed by atoms with E-state index in [0.29, 0.717) is 11.5 Å². The van der Waals surface area contributed by atoms with Crippen LogP contribution < -0.4 is 4.74 Å². The number of ether oxygens (including phenoxy) is 1. The second kappa shape index (κ2) is 9.52. The quantitative estimate of drug-likeness (QED) is 0.558. The van der Waals surface area contributed by atoms with E-state index in [9.17, 15) is 9.90 Å². The van der Waals surface area contributed by atoms with Crippen molar-refractivity contribution in [1.82, 2.24) is 19.5 Å². The Morgan fingerprint density at radius 1 is 1.24 bits per heavy atom. The zero-order valence-corrected chi connectivity index (χ0v) is 17.2. The number of hydrogen-bond donors (Lipinski definition) is 1. The smallest absolute Gasteiger partial charge is 0.335 e. The molecule has 1 unspecified atom stereocenters. The lowest BCUT2D eigenvalue weighted by atomic mass is 10.1. The molecule has 0 fully saturated rings. The fourth-order valence-electron chi connectivity index (χ4n) is 3.33. The van der Waals surface area contributed by atoms with Crippen LogP contribution in [0.25, 0.3) is 16.9 Å². The lowest BCUT2D eigenvalue weighted by Gasteiger charge is -2.19. The van der Waals surface area contributed by atoms with E-state index < -0.39 is 5.97 Å². The highest BCUT2D eigenvalue weighted by molar-refractivity contribution is 5.89. The average Bonchev–Trinajstić information content (AvgIpc) is 3.14. The molecule has 0 aliphatic heterocycles. The van der Waals surface area contributed by atoms with E-state index >= 15 is 0 Å². The third-order valence-electron chi connectivity index (χ3n) is 5.04. The van der Waals surface area contributed by atoms with Crippen LogP contribution in [0.5, 0.6) is 5.88 Å². The van der Waals surface area contributed by atoms with E-state index in [1.165, 1.54) is 0 Å². The minimum atomic E-state index is -0.962. The average molecular weight is 396 g/mol. The Hall–Kier alpha value is -2.93. The van der Waals surface area contributed by atoms with Crippen molar-refractivity contribution in [2.45, 2.75) is 39.7 Å². The molecule has 0 aliphatic rings. The predicted octanol–water partition coefficient (Wildman–Crippen LogP) is 3.98. The topological polar surface area (TPSA) is 80.0 Å². The monoisotopic (exact) mass is 396 g/mol. The zero-order chi connectivity index (χ0) is 20.8. The summed E-state index contributed by atoms with van der Waals surface area (Å²) in [6, 6.07) is 10.4. The number of benzene rings is 1. The summed E-state index contributed by atoms with van der Waals surface area (Å²) < 4.78 is 7.71. The van der Waals surface area contributed by atoms with Gasteiger partial charge < -0.3 is 14.7 Å². The minimum Gasteiger partial charge on any atom is -0.478 e. The number of aromatic nitrogens is 3. The SMILES string of the molecule is CCN(CC)CCCC(C)Oc1ccc2ncc(-c3cccc(C(=O)O)c3)n2n1. The van der Waals surface area contributed by atoms with Gasteiger partial charge in [-0.05, 0) is 57.6 Å². The zero-order valence-electron chi connectivity index (χ0n) is 17.2. The molecule has 0 saturated carbocycles. The van der Waals surface area contributed by atoms with Gasteiger partial charge in [0, 0.05) is 11.6 Å². The van der Waals surface area contributed by atoms with E-state index in [2.05, 4.69) is 35.8 Å². The molecule has 0 aliphatic carbocycles. The number of rotatable bonds is 10. The van der Waals surface area contributed by atoms with E-state index in [4.69, 9.17) is 4.74 Å². The van der Waals surface area contributed by atoms with Crippen molar-refractivity contribution in [2.75, 3.05) is 19.6 Å². The van der Waals surface area contributed by atoms with Crippen LogP contribution in [-0.2, 0) is 0 Å². The Morgan fingerprint density at radius 2 is 2.03 bits per heavy atom. The molecule has 3 rings (SSSR count). The van der Waals surface area contributed by atoms with Gasteiger partial charge in [0.05, 0.1) is 23.6 Å². The maximum absolute atomic E-state index is 11.3. The number of carboxylic acid groups (broad SMARTS) is 1. The minimum absolute atomic E-state index is 0.0535. The molecule has 0 saturated heterocycles. The van der Waals surface area contributed by atoms with Crippen LogP contribution in [0.1, 0.15) is 44.0 Å². The molecule has 0 spiro atoms. The molecule has 1 atom stereocenters. The molecule has 0 amide bonds. The largest absolute Gasteiger partial charge is 0.478 e. The fourth-order valence-corrected chi connectivity index (χ4v) is 3.33. The first kappa shape index (κ1) is 20.8. The standard InChI is InChI=1S/C22H28N4O3/c1-4-25(5-2)13-7-8-16(3)29-21-12-11-20-23-15-19(26(20)24-21)17-9-6-10-18(14-17)22(27)28/h6,9-12,14-16H,4-5,7-8,13H2,1-3H3,(H,27,28). The molecular formula is C22H28N4O3. The molecule has 0 bridgehead atoms. The maximum atomic E-state index is 11.3. The van der Waals surface area contributed by atoms with Crippen LogP contribution in [0.15, 0.2) is 42.6 Å². The summed E-state index contributed by atoms with van der Waals surface area (Å²) in [6.07, 6.45) is 3.77. The second-order valence-corrected chi connectivity index (χ2v) is 7.07. The maximum Gasteiger partial charge on any atom is 0.335 e. The molecule has 2 heterocycles. The molecular weight excluding hydrogens is 368 g/mol. The Kier molecular flexibility index (Phi) is 6.82. The Labute approximate surface area is 170 Å². The van der Waals surface area contributed by atoms with E-state index in [-0.39, 0.29) is 11.7 Å². The van der Waals surface area contributed by atoms with Gasteiger partial charge in [0.1, 0.15) is 0 Å². The van der Waals surface area contributed by atoms with Gasteiger partial charge in [-0.1, -0.05) is 26.0 Å². The number of imidazole rings is 1. The number of nitrogens with zero attached hydrogens (tertiary/aromatic N) is 4. The highest BCUT2D eigenvalue weighted by atomic mass is 16.5. The first-order valence-electron chi connectivity index (χ1n) is 10.1. The van der Waals surface area contributed by atoms with Gasteiger partial charge in [-0.3, -0.25) is 0 Å². The van der Waals surface area contributed by atoms with Crippen molar-refractivity contribution in [3.63, 3.8) is 0 Å². The van der Waals surface area contributed by atoms with Crippen LogP contribution in [0.3, 0.4) is 0 Å². The first-order chi connectivity index (χ1) is 14.0. The highest BCUT2D eigenvalue weighted by Gasteiger charge is 2.12. The lowest BCUT2D eigenvalue weighted by Crippen LogP contribution is -2.25. The molecule has 7 nitrogen and oxygen atoms in total. The van der Waals surface area contributed by atoms with Crippen molar-refractivity contribution >= 4 is 11.6 Å². The van der Waals surface area contributed by atoms with Crippen molar-refractivity contribution in [2.24, 2.45) is 0 Å². The number of fused-ring (bicyclic) bond motifs is 1. The Balaban J connectivity index is 1.74. The number of carbonyl (C=O) groups is 1. The summed E-state index contributed by atoms with van der Waals surface area (Å²) in [6.45, 7) is 9.61. The third kappa shape index (κ3) is 5.12. The normalized spacial score (nSPS) is 12.4. The van der Waals surface area contributed by atoms with E-state index in [1.54, 1.807) is 28.9 Å². The molecule has 29 heavy (non-hydrogen) atoms. The Bertz CT molecular complexity index is 966. The molecule has 3 aromatic rings. The Morgan fingerprint density at radius 3 is 2.76 bits per heavy atom. The molecule has 0 radical (unpaired) electrons. The summed E-state index contributed by atoms with van der Waals surface area (Å²) in [5, 5.41) is 13.8. The molecule has 2 aromatic heterocycles. The molecule has 1 N–H and O–H groups in total. The number of hydrogen-bond acceptors (Lipinski definition) is 5. The summed E-state index contributed by atoms with van der Waals surface area (Å²) >= 11 is 0. The fraction of sp³-hybridized carbons (Fsp3) is 0.409. The number of carboxylic acids is 1. The summed E-state index contributed by atoms with van der Waals surface area (Å²) in [7, 11) is 0. The third-order valence-corrected chi connectivity index (χ3v) is 5.04. The summed E-state index contributed by atoms with van der Waals surface area (Å²) in [5.74, 6) is -0.433. The van der Waals surface area contributed by atoms with Crippen LogP contribution in [-0.4, -0.2) is 56.3 Å². The van der Waals surface area contributed by atoms with Crippen molar-refractivity contribution in [1.29, 1.82) is 0 Å². The van der Waals surface area contributed by atoms with Gasteiger partial charge in [0.2, 0.25) is 5.88 Å². The van der Waals surface area contributed by atoms with Gasteiger partial charge in [0.25, 0.3) is 0 Å². The van der Waals surface area contributed by atoms with E-state index in [0.717, 1.165) is 43.7 Å². The predicted molar refractivity (Wildman–Crippen MR) is 112 cm³/mol. The molecule has 7 heteroatoms.